The zero-order valence-electron chi connectivity index (χ0n) is 9.85. The Morgan fingerprint density at radius 3 is 2.81 bits per heavy atom. The minimum absolute atomic E-state index is 0.0724. The lowest BCUT2D eigenvalue weighted by molar-refractivity contribution is 0.147. The number of aromatic nitrogens is 3. The van der Waals surface area contributed by atoms with Crippen LogP contribution >= 0.6 is 11.8 Å². The molecule has 0 spiro atoms. The highest BCUT2D eigenvalue weighted by molar-refractivity contribution is 7.99. The van der Waals surface area contributed by atoms with Crippen LogP contribution in [0.25, 0.3) is 0 Å². The smallest absolute Gasteiger partial charge is 0.191 e. The van der Waals surface area contributed by atoms with E-state index in [1.54, 1.807) is 16.3 Å². The van der Waals surface area contributed by atoms with Crippen LogP contribution in [-0.4, -0.2) is 38.8 Å². The van der Waals surface area contributed by atoms with E-state index in [9.17, 15) is 0 Å². The molecule has 6 heteroatoms. The molecule has 0 aliphatic carbocycles. The standard InChI is InChI=1S/C10H19N3O2S/c1-3-4-5-15-6-7-16-10-12-11-9(8-14)13(10)2/h14H,3-8H2,1-2H3. The molecule has 5 nitrogen and oxygen atoms in total. The summed E-state index contributed by atoms with van der Waals surface area (Å²) in [4.78, 5) is 0. The average Bonchev–Trinajstić information content (AvgIpc) is 2.65. The summed E-state index contributed by atoms with van der Waals surface area (Å²) >= 11 is 1.59. The van der Waals surface area contributed by atoms with Crippen LogP contribution in [0.5, 0.6) is 0 Å². The van der Waals surface area contributed by atoms with Crippen molar-refractivity contribution in [1.29, 1.82) is 0 Å². The van der Waals surface area contributed by atoms with Crippen LogP contribution in [0.3, 0.4) is 0 Å². The van der Waals surface area contributed by atoms with Crippen molar-refractivity contribution in [2.45, 2.75) is 31.5 Å². The van der Waals surface area contributed by atoms with Crippen LogP contribution in [0.2, 0.25) is 0 Å². The van der Waals surface area contributed by atoms with Crippen LogP contribution in [0, 0.1) is 0 Å². The fourth-order valence-electron chi connectivity index (χ4n) is 1.15. The number of ether oxygens (including phenoxy) is 1. The SMILES string of the molecule is CCCCOCCSc1nnc(CO)n1C. The van der Waals surface area contributed by atoms with Crippen LogP contribution in [-0.2, 0) is 18.4 Å². The molecule has 92 valence electrons. The van der Waals surface area contributed by atoms with Gasteiger partial charge in [0.15, 0.2) is 11.0 Å². The van der Waals surface area contributed by atoms with E-state index in [4.69, 9.17) is 9.84 Å². The summed E-state index contributed by atoms with van der Waals surface area (Å²) in [6.07, 6.45) is 2.28. The normalized spacial score (nSPS) is 10.9. The minimum Gasteiger partial charge on any atom is -0.388 e. The maximum Gasteiger partial charge on any atom is 0.191 e. The molecule has 0 aromatic carbocycles. The van der Waals surface area contributed by atoms with Gasteiger partial charge < -0.3 is 14.4 Å². The van der Waals surface area contributed by atoms with E-state index in [2.05, 4.69) is 17.1 Å². The molecule has 0 atom stereocenters. The van der Waals surface area contributed by atoms with Gasteiger partial charge in [0.2, 0.25) is 0 Å². The van der Waals surface area contributed by atoms with Gasteiger partial charge in [0.25, 0.3) is 0 Å². The van der Waals surface area contributed by atoms with Gasteiger partial charge in [0, 0.05) is 19.4 Å². The Bertz CT molecular complexity index is 304. The van der Waals surface area contributed by atoms with E-state index in [1.165, 1.54) is 0 Å². The van der Waals surface area contributed by atoms with Gasteiger partial charge in [-0.15, -0.1) is 10.2 Å². The highest BCUT2D eigenvalue weighted by Gasteiger charge is 2.07. The molecule has 0 saturated heterocycles. The number of unbranched alkanes of at least 4 members (excludes halogenated alkanes) is 1. The quantitative estimate of drug-likeness (QED) is 0.551. The molecule has 16 heavy (non-hydrogen) atoms. The van der Waals surface area contributed by atoms with Crippen molar-refractivity contribution in [2.75, 3.05) is 19.0 Å². The summed E-state index contributed by atoms with van der Waals surface area (Å²) in [7, 11) is 1.85. The maximum absolute atomic E-state index is 8.94. The predicted octanol–water partition coefficient (Wildman–Crippen LogP) is 1.22. The van der Waals surface area contributed by atoms with Crippen molar-refractivity contribution in [3.63, 3.8) is 0 Å². The summed E-state index contributed by atoms with van der Waals surface area (Å²) < 4.78 is 7.24. The number of thioether (sulfide) groups is 1. The van der Waals surface area contributed by atoms with Crippen molar-refractivity contribution in [3.8, 4) is 0 Å². The van der Waals surface area contributed by atoms with E-state index in [1.807, 2.05) is 7.05 Å². The monoisotopic (exact) mass is 245 g/mol. The highest BCUT2D eigenvalue weighted by Crippen LogP contribution is 2.15. The number of hydrogen-bond donors (Lipinski definition) is 1. The van der Waals surface area contributed by atoms with Crippen molar-refractivity contribution in [2.24, 2.45) is 7.05 Å². The van der Waals surface area contributed by atoms with Crippen LogP contribution in [0.1, 0.15) is 25.6 Å². The number of aliphatic hydroxyl groups excluding tert-OH is 1. The molecule has 1 aromatic rings. The zero-order chi connectivity index (χ0) is 11.8. The van der Waals surface area contributed by atoms with Gasteiger partial charge in [-0.1, -0.05) is 25.1 Å². The summed E-state index contributed by atoms with van der Waals surface area (Å²) in [5, 5.41) is 17.6. The Morgan fingerprint density at radius 1 is 1.38 bits per heavy atom. The lowest BCUT2D eigenvalue weighted by Gasteiger charge is -2.03. The molecular formula is C10H19N3O2S. The second-order valence-corrected chi connectivity index (χ2v) is 4.49. The topological polar surface area (TPSA) is 60.2 Å². The lowest BCUT2D eigenvalue weighted by Crippen LogP contribution is -2.02. The van der Waals surface area contributed by atoms with Gasteiger partial charge in [-0.25, -0.2) is 0 Å². The van der Waals surface area contributed by atoms with Crippen molar-refractivity contribution < 1.29 is 9.84 Å². The van der Waals surface area contributed by atoms with E-state index < -0.39 is 0 Å². The maximum atomic E-state index is 8.94. The van der Waals surface area contributed by atoms with Gasteiger partial charge >= 0.3 is 0 Å². The molecule has 0 saturated carbocycles. The van der Waals surface area contributed by atoms with Gasteiger partial charge in [-0.3, -0.25) is 0 Å². The second-order valence-electron chi connectivity index (χ2n) is 3.43. The number of aliphatic hydroxyl groups is 1. The number of hydrogen-bond acceptors (Lipinski definition) is 5. The van der Waals surface area contributed by atoms with E-state index >= 15 is 0 Å². The summed E-state index contributed by atoms with van der Waals surface area (Å²) in [6.45, 7) is 3.63. The zero-order valence-corrected chi connectivity index (χ0v) is 10.7. The molecule has 1 rings (SSSR count). The first kappa shape index (κ1) is 13.5. The molecule has 1 heterocycles. The molecule has 1 N–H and O–H groups in total. The molecule has 0 aliphatic rings. The van der Waals surface area contributed by atoms with Crippen molar-refractivity contribution in [3.05, 3.63) is 5.82 Å². The number of rotatable bonds is 8. The van der Waals surface area contributed by atoms with Crippen LogP contribution < -0.4 is 0 Å². The van der Waals surface area contributed by atoms with Gasteiger partial charge in [-0.2, -0.15) is 0 Å². The van der Waals surface area contributed by atoms with E-state index in [-0.39, 0.29) is 6.61 Å². The van der Waals surface area contributed by atoms with Gasteiger partial charge in [-0.05, 0) is 6.42 Å². The molecule has 1 aromatic heterocycles. The molecular weight excluding hydrogens is 226 g/mol. The minimum atomic E-state index is -0.0724. The molecule has 0 radical (unpaired) electrons. The third-order valence-electron chi connectivity index (χ3n) is 2.17. The fourth-order valence-corrected chi connectivity index (χ4v) is 1.93. The summed E-state index contributed by atoms with van der Waals surface area (Å²) in [5.41, 5.74) is 0. The Balaban J connectivity index is 2.19. The van der Waals surface area contributed by atoms with Crippen LogP contribution in [0.4, 0.5) is 0 Å². The van der Waals surface area contributed by atoms with Crippen molar-refractivity contribution in [1.82, 2.24) is 14.8 Å². The van der Waals surface area contributed by atoms with E-state index in [0.717, 1.165) is 37.0 Å². The molecule has 0 unspecified atom stereocenters. The lowest BCUT2D eigenvalue weighted by atomic mass is 10.4. The Kier molecular flexibility index (Phi) is 6.44. The third kappa shape index (κ3) is 4.11. The van der Waals surface area contributed by atoms with Crippen LogP contribution in [0.15, 0.2) is 5.16 Å². The van der Waals surface area contributed by atoms with Gasteiger partial charge in [0.1, 0.15) is 6.61 Å². The first-order valence-electron chi connectivity index (χ1n) is 5.49. The first-order chi connectivity index (χ1) is 7.79. The summed E-state index contributed by atoms with van der Waals surface area (Å²) in [5.74, 6) is 1.45. The predicted molar refractivity (Wildman–Crippen MR) is 63.4 cm³/mol. The number of nitrogens with zero attached hydrogens (tertiary/aromatic N) is 3. The summed E-state index contributed by atoms with van der Waals surface area (Å²) in [6, 6.07) is 0. The Hall–Kier alpha value is -0.590. The van der Waals surface area contributed by atoms with E-state index in [0.29, 0.717) is 5.82 Å². The Labute approximate surface area is 100 Å². The van der Waals surface area contributed by atoms with Crippen molar-refractivity contribution >= 4 is 11.8 Å². The largest absolute Gasteiger partial charge is 0.388 e. The third-order valence-corrected chi connectivity index (χ3v) is 3.15. The Morgan fingerprint density at radius 2 is 2.19 bits per heavy atom. The molecule has 0 bridgehead atoms. The second kappa shape index (κ2) is 7.65. The fraction of sp³-hybridized carbons (Fsp3) is 0.800. The molecule has 0 aliphatic heterocycles. The first-order valence-corrected chi connectivity index (χ1v) is 6.47. The average molecular weight is 245 g/mol. The highest BCUT2D eigenvalue weighted by atomic mass is 32.2. The molecule has 0 amide bonds. The van der Waals surface area contributed by atoms with Gasteiger partial charge in [0.05, 0.1) is 6.61 Å². The molecule has 0 fully saturated rings.